The van der Waals surface area contributed by atoms with Gasteiger partial charge in [-0.25, -0.2) is 9.13 Å². The van der Waals surface area contributed by atoms with Gasteiger partial charge in [0.05, 0.1) is 26.4 Å². The van der Waals surface area contributed by atoms with Crippen LogP contribution in [-0.2, 0) is 65.4 Å². The van der Waals surface area contributed by atoms with Crippen LogP contribution in [0.4, 0.5) is 0 Å². The molecule has 0 aliphatic heterocycles. The van der Waals surface area contributed by atoms with E-state index in [0.29, 0.717) is 25.7 Å². The number of rotatable bonds is 85. The van der Waals surface area contributed by atoms with Crippen molar-refractivity contribution in [2.24, 2.45) is 11.8 Å². The molecule has 0 aromatic heterocycles. The van der Waals surface area contributed by atoms with E-state index in [1.807, 2.05) is 0 Å². The lowest BCUT2D eigenvalue weighted by Gasteiger charge is -2.21. The number of aliphatic hydroxyl groups is 1. The highest BCUT2D eigenvalue weighted by Crippen LogP contribution is 2.45. The molecule has 0 amide bonds. The van der Waals surface area contributed by atoms with Gasteiger partial charge in [-0.3, -0.25) is 37.3 Å². The molecule has 19 heteroatoms. The number of hydrogen-bond donors (Lipinski definition) is 3. The first kappa shape index (κ1) is 103. The smallest absolute Gasteiger partial charge is 0.462 e. The Bertz CT molecular complexity index is 2010. The van der Waals surface area contributed by atoms with Gasteiger partial charge in [0, 0.05) is 25.7 Å². The van der Waals surface area contributed by atoms with Crippen molar-refractivity contribution in [1.29, 1.82) is 0 Å². The Hall–Kier alpha value is -1.94. The van der Waals surface area contributed by atoms with Gasteiger partial charge in [0.25, 0.3) is 0 Å². The van der Waals surface area contributed by atoms with Crippen LogP contribution in [0.25, 0.3) is 0 Å². The third kappa shape index (κ3) is 79.9. The minimum Gasteiger partial charge on any atom is -0.462 e. The molecule has 105 heavy (non-hydrogen) atoms. The van der Waals surface area contributed by atoms with Gasteiger partial charge >= 0.3 is 39.5 Å². The molecule has 0 bridgehead atoms. The number of carbonyl (C=O) groups is 4. The summed E-state index contributed by atoms with van der Waals surface area (Å²) in [4.78, 5) is 73.3. The molecule has 0 rings (SSSR count). The van der Waals surface area contributed by atoms with Gasteiger partial charge in [0.2, 0.25) is 0 Å². The van der Waals surface area contributed by atoms with Crippen LogP contribution in [0, 0.1) is 11.8 Å². The zero-order valence-electron chi connectivity index (χ0n) is 69.0. The Morgan fingerprint density at radius 2 is 0.438 bits per heavy atom. The van der Waals surface area contributed by atoms with Crippen LogP contribution in [0.1, 0.15) is 459 Å². The molecule has 0 heterocycles. The fourth-order valence-electron chi connectivity index (χ4n) is 13.4. The van der Waals surface area contributed by atoms with Crippen LogP contribution in [-0.4, -0.2) is 96.7 Å². The van der Waals surface area contributed by atoms with E-state index in [2.05, 4.69) is 41.5 Å². The molecule has 0 saturated heterocycles. The highest BCUT2D eigenvalue weighted by Gasteiger charge is 2.30. The summed E-state index contributed by atoms with van der Waals surface area (Å²) in [6.07, 6.45) is 69.4. The monoisotopic (exact) mass is 1540 g/mol. The molecule has 2 unspecified atom stereocenters. The highest BCUT2D eigenvalue weighted by molar-refractivity contribution is 7.47. The Labute approximate surface area is 645 Å². The number of aliphatic hydroxyl groups excluding tert-OH is 1. The van der Waals surface area contributed by atoms with Crippen molar-refractivity contribution in [3.63, 3.8) is 0 Å². The van der Waals surface area contributed by atoms with Gasteiger partial charge in [0.1, 0.15) is 19.3 Å². The van der Waals surface area contributed by atoms with Crippen LogP contribution < -0.4 is 0 Å². The summed E-state index contributed by atoms with van der Waals surface area (Å²) in [5, 5.41) is 10.7. The minimum absolute atomic E-state index is 0.108. The van der Waals surface area contributed by atoms with E-state index in [9.17, 15) is 43.2 Å². The average molecular weight is 1540 g/mol. The number of hydrogen-bond acceptors (Lipinski definition) is 15. The second-order valence-electron chi connectivity index (χ2n) is 31.9. The summed E-state index contributed by atoms with van der Waals surface area (Å²) >= 11 is 0. The van der Waals surface area contributed by atoms with Crippen molar-refractivity contribution in [3.05, 3.63) is 0 Å². The minimum atomic E-state index is -4.97. The quantitative estimate of drug-likeness (QED) is 0.0222. The lowest BCUT2D eigenvalue weighted by Crippen LogP contribution is -2.30. The van der Waals surface area contributed by atoms with Gasteiger partial charge in [-0.2, -0.15) is 0 Å². The molecule has 0 aromatic carbocycles. The zero-order valence-corrected chi connectivity index (χ0v) is 70.8. The fourth-order valence-corrected chi connectivity index (χ4v) is 15.0. The molecule has 0 spiro atoms. The van der Waals surface area contributed by atoms with Crippen molar-refractivity contribution in [3.8, 4) is 0 Å². The van der Waals surface area contributed by atoms with Gasteiger partial charge in [-0.15, -0.1) is 0 Å². The molecule has 0 fully saturated rings. The number of ether oxygens (including phenoxy) is 4. The van der Waals surface area contributed by atoms with E-state index >= 15 is 0 Å². The van der Waals surface area contributed by atoms with E-state index in [0.717, 1.165) is 102 Å². The molecule has 5 atom stereocenters. The number of unbranched alkanes of at least 4 members (excludes halogenated alkanes) is 55. The van der Waals surface area contributed by atoms with E-state index in [1.165, 1.54) is 276 Å². The first-order valence-electron chi connectivity index (χ1n) is 44.5. The second-order valence-corrected chi connectivity index (χ2v) is 34.8. The summed E-state index contributed by atoms with van der Waals surface area (Å²) in [5.74, 6) is -0.558. The lowest BCUT2D eigenvalue weighted by atomic mass is 10.0. The maximum atomic E-state index is 13.1. The van der Waals surface area contributed by atoms with Crippen LogP contribution in [0.2, 0.25) is 0 Å². The number of phosphoric ester groups is 2. The van der Waals surface area contributed by atoms with Crippen molar-refractivity contribution < 1.29 is 80.2 Å². The van der Waals surface area contributed by atoms with Crippen LogP contribution >= 0.6 is 15.6 Å². The number of esters is 4. The Balaban J connectivity index is 5.25. The summed E-state index contributed by atoms with van der Waals surface area (Å²) < 4.78 is 68.9. The Morgan fingerprint density at radius 1 is 0.257 bits per heavy atom. The largest absolute Gasteiger partial charge is 0.472 e. The maximum absolute atomic E-state index is 13.1. The van der Waals surface area contributed by atoms with Crippen molar-refractivity contribution in [2.45, 2.75) is 477 Å². The first-order valence-corrected chi connectivity index (χ1v) is 47.5. The van der Waals surface area contributed by atoms with Gasteiger partial charge in [-0.1, -0.05) is 408 Å². The fraction of sp³-hybridized carbons (Fsp3) is 0.953. The van der Waals surface area contributed by atoms with Crippen LogP contribution in [0.5, 0.6) is 0 Å². The molecule has 0 aromatic rings. The summed E-state index contributed by atoms with van der Waals surface area (Å²) in [6.45, 7) is 9.68. The Kier molecular flexibility index (Phi) is 76.0. The molecule has 17 nitrogen and oxygen atoms in total. The lowest BCUT2D eigenvalue weighted by molar-refractivity contribution is -0.161. The number of phosphoric acid groups is 2. The van der Waals surface area contributed by atoms with E-state index in [1.54, 1.807) is 0 Å². The van der Waals surface area contributed by atoms with Crippen molar-refractivity contribution in [2.75, 3.05) is 39.6 Å². The molecular weight excluding hydrogens is 1370 g/mol. The molecule has 0 aliphatic rings. The van der Waals surface area contributed by atoms with Crippen molar-refractivity contribution >= 4 is 39.5 Å². The van der Waals surface area contributed by atoms with Crippen LogP contribution in [0.3, 0.4) is 0 Å². The third-order valence-corrected chi connectivity index (χ3v) is 22.1. The standard InChI is InChI=1S/C86H168O17P2/c1-7-9-11-13-15-17-19-21-23-25-26-27-28-30-36-40-46-53-59-65-71-85(90)102-81(74-96-83(88)68-62-56-50-44-38-34-32-31-33-37-42-48-54-60-66-78(3)4)76-100-104(92,93)98-72-80(87)73-99-105(94,95)101-77-82(75-97-84(89)69-63-57-51-47-41-43-49-55-61-67-79(5)6)103-86(91)70-64-58-52-45-39-35-29-24-22-20-18-16-14-12-10-8-2/h78-82,87H,7-77H2,1-6H3,(H,92,93)(H,94,95)/t80-,81-,82-/m1/s1. The van der Waals surface area contributed by atoms with Crippen molar-refractivity contribution in [1.82, 2.24) is 0 Å². The maximum Gasteiger partial charge on any atom is 0.472 e. The second kappa shape index (κ2) is 77.4. The van der Waals surface area contributed by atoms with Crippen LogP contribution in [0.15, 0.2) is 0 Å². The Morgan fingerprint density at radius 3 is 0.648 bits per heavy atom. The molecule has 0 aliphatic carbocycles. The molecular formula is C86H168O17P2. The molecule has 0 saturated carbocycles. The van der Waals surface area contributed by atoms with E-state index < -0.39 is 97.5 Å². The molecule has 624 valence electrons. The first-order chi connectivity index (χ1) is 50.9. The topological polar surface area (TPSA) is 237 Å². The molecule has 3 N–H and O–H groups in total. The van der Waals surface area contributed by atoms with Gasteiger partial charge in [0.15, 0.2) is 12.2 Å². The average Bonchev–Trinajstić information content (AvgIpc) is 0.908. The molecule has 0 radical (unpaired) electrons. The van der Waals surface area contributed by atoms with Gasteiger partial charge < -0.3 is 33.8 Å². The third-order valence-electron chi connectivity index (χ3n) is 20.2. The normalized spacial score (nSPS) is 13.8. The predicted molar refractivity (Wildman–Crippen MR) is 432 cm³/mol. The summed E-state index contributed by atoms with van der Waals surface area (Å²) in [5.41, 5.74) is 0. The highest BCUT2D eigenvalue weighted by atomic mass is 31.2. The SMILES string of the molecule is CCCCCCCCCCCCCCCCCCCCCCC(=O)O[C@H](COC(=O)CCCCCCCCCCCCCCCCC(C)C)COP(=O)(O)OC[C@@H](O)COP(=O)(O)OC[C@@H](COC(=O)CCCCCCCCCCCC(C)C)OC(=O)CCCCCCCCCCCCCCCCCC. The predicted octanol–water partition coefficient (Wildman–Crippen LogP) is 26.2. The van der Waals surface area contributed by atoms with E-state index in [-0.39, 0.29) is 25.7 Å². The number of carbonyl (C=O) groups excluding carboxylic acids is 4. The summed E-state index contributed by atoms with van der Waals surface area (Å²) in [6, 6.07) is 0. The summed E-state index contributed by atoms with van der Waals surface area (Å²) in [7, 11) is -9.93. The van der Waals surface area contributed by atoms with E-state index in [4.69, 9.17) is 37.0 Å². The zero-order chi connectivity index (χ0) is 77.1. The van der Waals surface area contributed by atoms with Gasteiger partial charge in [-0.05, 0) is 37.5 Å².